The van der Waals surface area contributed by atoms with E-state index in [1.54, 1.807) is 14.2 Å². The van der Waals surface area contributed by atoms with E-state index in [0.29, 0.717) is 13.2 Å². The number of hydrogen-bond acceptors (Lipinski definition) is 6. The van der Waals surface area contributed by atoms with Crippen molar-refractivity contribution in [2.45, 2.75) is 51.4 Å². The van der Waals surface area contributed by atoms with Crippen LogP contribution in [0.2, 0.25) is 0 Å². The average molecular weight is 447 g/mol. The molecule has 0 saturated heterocycles. The quantitative estimate of drug-likeness (QED) is 0.469. The van der Waals surface area contributed by atoms with Crippen molar-refractivity contribution in [1.82, 2.24) is 0 Å². The molecule has 178 valence electrons. The number of ether oxygens (including phenoxy) is 5. The van der Waals surface area contributed by atoms with E-state index in [0.717, 1.165) is 11.5 Å². The predicted molar refractivity (Wildman–Crippen MR) is 126 cm³/mol. The minimum absolute atomic E-state index is 0.0877. The summed E-state index contributed by atoms with van der Waals surface area (Å²) < 4.78 is 27.4. The maximum absolute atomic E-state index is 9.95. The third-order valence-electron chi connectivity index (χ3n) is 5.34. The number of methoxy groups -OCH3 is 2. The lowest BCUT2D eigenvalue weighted by Gasteiger charge is -2.26. The number of hydrogen-bond donors (Lipinski definition) is 1. The lowest BCUT2D eigenvalue weighted by atomic mass is 9.78. The maximum Gasteiger partial charge on any atom is 0.119 e. The molecule has 2 aromatic rings. The van der Waals surface area contributed by atoms with Gasteiger partial charge < -0.3 is 28.8 Å². The second-order valence-corrected chi connectivity index (χ2v) is 8.64. The van der Waals surface area contributed by atoms with Crippen LogP contribution in [0.1, 0.15) is 38.8 Å². The minimum atomic E-state index is -0.650. The Hall–Kier alpha value is -2.12. The number of aliphatic hydroxyl groups is 1. The van der Waals surface area contributed by atoms with Crippen LogP contribution in [0.15, 0.2) is 48.5 Å². The molecule has 2 atom stereocenters. The van der Waals surface area contributed by atoms with Gasteiger partial charge >= 0.3 is 0 Å². The molecule has 0 aliphatic heterocycles. The van der Waals surface area contributed by atoms with Gasteiger partial charge in [-0.3, -0.25) is 0 Å². The van der Waals surface area contributed by atoms with Gasteiger partial charge in [-0.05, 0) is 49.2 Å². The molecule has 0 spiro atoms. The van der Waals surface area contributed by atoms with E-state index in [1.165, 1.54) is 11.1 Å². The van der Waals surface area contributed by atoms with Gasteiger partial charge in [0, 0.05) is 19.6 Å². The highest BCUT2D eigenvalue weighted by molar-refractivity contribution is 5.41. The Bertz CT molecular complexity index is 770. The van der Waals surface area contributed by atoms with E-state index < -0.39 is 6.10 Å². The molecule has 2 unspecified atom stereocenters. The molecule has 0 amide bonds. The number of aliphatic hydroxyl groups excluding tert-OH is 1. The van der Waals surface area contributed by atoms with Crippen molar-refractivity contribution < 1.29 is 28.8 Å². The molecule has 0 fully saturated rings. The van der Waals surface area contributed by atoms with E-state index in [-0.39, 0.29) is 30.8 Å². The summed E-state index contributed by atoms with van der Waals surface area (Å²) in [5.41, 5.74) is 2.16. The van der Waals surface area contributed by atoms with Gasteiger partial charge in [0.25, 0.3) is 0 Å². The molecule has 32 heavy (non-hydrogen) atoms. The van der Waals surface area contributed by atoms with Crippen LogP contribution in [0.25, 0.3) is 0 Å². The van der Waals surface area contributed by atoms with Gasteiger partial charge in [0.15, 0.2) is 0 Å². The molecular weight excluding hydrogens is 408 g/mol. The first-order chi connectivity index (χ1) is 15.3. The van der Waals surface area contributed by atoms with E-state index in [9.17, 15) is 5.11 Å². The molecule has 0 aliphatic rings. The first-order valence-corrected chi connectivity index (χ1v) is 11.0. The second kappa shape index (κ2) is 12.8. The number of benzene rings is 2. The normalized spacial score (nSPS) is 13.8. The third-order valence-corrected chi connectivity index (χ3v) is 5.34. The highest BCUT2D eigenvalue weighted by Crippen LogP contribution is 2.33. The molecule has 0 heterocycles. The van der Waals surface area contributed by atoms with Crippen molar-refractivity contribution in [2.75, 3.05) is 40.6 Å². The van der Waals surface area contributed by atoms with Gasteiger partial charge in [-0.2, -0.15) is 0 Å². The zero-order valence-corrected chi connectivity index (χ0v) is 20.2. The first kappa shape index (κ1) is 26.1. The fourth-order valence-electron chi connectivity index (χ4n) is 3.21. The average Bonchev–Trinajstić information content (AvgIpc) is 2.79. The highest BCUT2D eigenvalue weighted by atomic mass is 16.6. The van der Waals surface area contributed by atoms with Crippen molar-refractivity contribution >= 4 is 0 Å². The van der Waals surface area contributed by atoms with Gasteiger partial charge in [-0.25, -0.2) is 0 Å². The fraction of sp³-hybridized carbons (Fsp3) is 0.538. The van der Waals surface area contributed by atoms with Crippen molar-refractivity contribution in [3.8, 4) is 11.5 Å². The van der Waals surface area contributed by atoms with Gasteiger partial charge in [0.05, 0.1) is 19.3 Å². The summed E-state index contributed by atoms with van der Waals surface area (Å²) >= 11 is 0. The van der Waals surface area contributed by atoms with E-state index in [4.69, 9.17) is 23.7 Å². The smallest absolute Gasteiger partial charge is 0.119 e. The maximum atomic E-state index is 9.95. The van der Waals surface area contributed by atoms with Crippen LogP contribution in [-0.2, 0) is 19.6 Å². The predicted octanol–water partition coefficient (Wildman–Crippen LogP) is 4.22. The van der Waals surface area contributed by atoms with E-state index >= 15 is 0 Å². The van der Waals surface area contributed by atoms with Crippen molar-refractivity contribution in [3.63, 3.8) is 0 Å². The summed E-state index contributed by atoms with van der Waals surface area (Å²) in [6.45, 7) is 9.64. The molecule has 2 rings (SSSR count). The Kier molecular flexibility index (Phi) is 10.5. The Balaban J connectivity index is 1.94. The Morgan fingerprint density at radius 1 is 0.750 bits per heavy atom. The van der Waals surface area contributed by atoms with Gasteiger partial charge in [-0.15, -0.1) is 0 Å². The van der Waals surface area contributed by atoms with Crippen LogP contribution in [0, 0.1) is 0 Å². The van der Waals surface area contributed by atoms with Crippen LogP contribution >= 0.6 is 0 Å². The summed E-state index contributed by atoms with van der Waals surface area (Å²) in [5.74, 6) is 1.52. The summed E-state index contributed by atoms with van der Waals surface area (Å²) in [6.07, 6.45) is -0.659. The molecule has 0 aliphatic carbocycles. The van der Waals surface area contributed by atoms with Crippen LogP contribution < -0.4 is 9.47 Å². The lowest BCUT2D eigenvalue weighted by Crippen LogP contribution is -2.25. The molecule has 0 saturated carbocycles. The highest BCUT2D eigenvalue weighted by Gasteiger charge is 2.23. The third kappa shape index (κ3) is 8.10. The first-order valence-electron chi connectivity index (χ1n) is 11.0. The zero-order valence-electron chi connectivity index (χ0n) is 20.2. The molecule has 6 nitrogen and oxygen atoms in total. The molecule has 0 aromatic heterocycles. The van der Waals surface area contributed by atoms with Crippen molar-refractivity contribution in [2.24, 2.45) is 0 Å². The molecule has 1 N–H and O–H groups in total. The largest absolute Gasteiger partial charge is 0.491 e. The lowest BCUT2D eigenvalue weighted by molar-refractivity contribution is -0.0122. The summed E-state index contributed by atoms with van der Waals surface area (Å²) in [6, 6.07) is 16.1. The van der Waals surface area contributed by atoms with Gasteiger partial charge in [0.1, 0.15) is 36.9 Å². The summed E-state index contributed by atoms with van der Waals surface area (Å²) in [4.78, 5) is 0. The van der Waals surface area contributed by atoms with Crippen molar-refractivity contribution in [3.05, 3.63) is 59.7 Å². The molecule has 0 bridgehead atoms. The Morgan fingerprint density at radius 2 is 1.25 bits per heavy atom. The van der Waals surface area contributed by atoms with Gasteiger partial charge in [0.2, 0.25) is 0 Å². The SMILES string of the molecule is COCC(COc1ccc(C(C)(C)c2ccc(OCC(O)COC(C)C)cc2)cc1)OC. The Labute approximate surface area is 192 Å². The van der Waals surface area contributed by atoms with Gasteiger partial charge in [-0.1, -0.05) is 38.1 Å². The standard InChI is InChI=1S/C26H38O6/c1-19(2)30-15-22(27)16-31-23-11-7-20(8-12-23)26(3,4)21-9-13-24(14-10-21)32-18-25(29-6)17-28-5/h7-14,19,22,25,27H,15-18H2,1-6H3. The summed E-state index contributed by atoms with van der Waals surface area (Å²) in [7, 11) is 3.30. The molecule has 0 radical (unpaired) electrons. The molecule has 6 heteroatoms. The van der Waals surface area contributed by atoms with Crippen LogP contribution in [0.3, 0.4) is 0 Å². The molecule has 2 aromatic carbocycles. The zero-order chi connectivity index (χ0) is 23.6. The second-order valence-electron chi connectivity index (χ2n) is 8.64. The Morgan fingerprint density at radius 3 is 1.69 bits per heavy atom. The summed E-state index contributed by atoms with van der Waals surface area (Å²) in [5, 5.41) is 9.95. The number of rotatable bonds is 14. The van der Waals surface area contributed by atoms with Crippen molar-refractivity contribution in [1.29, 1.82) is 0 Å². The molecular formula is C26H38O6. The van der Waals surface area contributed by atoms with Crippen LogP contribution in [0.5, 0.6) is 11.5 Å². The van der Waals surface area contributed by atoms with E-state index in [2.05, 4.69) is 38.1 Å². The van der Waals surface area contributed by atoms with Crippen LogP contribution in [0.4, 0.5) is 0 Å². The fourth-order valence-corrected chi connectivity index (χ4v) is 3.21. The van der Waals surface area contributed by atoms with E-state index in [1.807, 2.05) is 38.1 Å². The topological polar surface area (TPSA) is 66.4 Å². The minimum Gasteiger partial charge on any atom is -0.491 e. The van der Waals surface area contributed by atoms with Crippen LogP contribution in [-0.4, -0.2) is 64.1 Å². The monoisotopic (exact) mass is 446 g/mol.